The lowest BCUT2D eigenvalue weighted by Gasteiger charge is -2.24. The first kappa shape index (κ1) is 16.1. The van der Waals surface area contributed by atoms with Crippen molar-refractivity contribution in [2.75, 3.05) is 13.7 Å². The summed E-state index contributed by atoms with van der Waals surface area (Å²) >= 11 is 1.76. The van der Waals surface area contributed by atoms with E-state index in [1.54, 1.807) is 18.4 Å². The third-order valence-electron chi connectivity index (χ3n) is 4.24. The number of nitrogens with one attached hydrogen (secondary N) is 1. The molecule has 0 saturated heterocycles. The molecule has 1 N–H and O–H groups in total. The van der Waals surface area contributed by atoms with E-state index in [1.807, 2.05) is 0 Å². The van der Waals surface area contributed by atoms with E-state index in [1.165, 1.54) is 32.7 Å². The number of methoxy groups -OCH3 is 1. The molecule has 1 atom stereocenters. The van der Waals surface area contributed by atoms with Gasteiger partial charge in [-0.05, 0) is 68.1 Å². The van der Waals surface area contributed by atoms with E-state index in [0.717, 1.165) is 12.3 Å². The molecule has 1 unspecified atom stereocenters. The van der Waals surface area contributed by atoms with E-state index in [0.29, 0.717) is 0 Å². The summed E-state index contributed by atoms with van der Waals surface area (Å²) in [5.74, 6) is 0.942. The predicted octanol–water partition coefficient (Wildman–Crippen LogP) is 4.69. The van der Waals surface area contributed by atoms with E-state index < -0.39 is 0 Å². The molecule has 114 valence electrons. The maximum Gasteiger partial charge on any atom is 0.129 e. The smallest absolute Gasteiger partial charge is 0.129 e. The number of rotatable bonds is 5. The lowest BCUT2D eigenvalue weighted by molar-refractivity contribution is 0.416. The second-order valence-corrected chi connectivity index (χ2v) is 6.50. The molecule has 0 amide bonds. The maximum atomic E-state index is 5.35. The van der Waals surface area contributed by atoms with Crippen molar-refractivity contribution in [3.05, 3.63) is 50.2 Å². The third-order valence-corrected chi connectivity index (χ3v) is 5.21. The van der Waals surface area contributed by atoms with Crippen LogP contribution in [-0.2, 0) is 0 Å². The monoisotopic (exact) mass is 303 g/mol. The molecule has 0 saturated carbocycles. The minimum absolute atomic E-state index is 0.238. The van der Waals surface area contributed by atoms with Crippen LogP contribution in [0.15, 0.2) is 17.5 Å². The number of benzene rings is 1. The maximum absolute atomic E-state index is 5.35. The zero-order chi connectivity index (χ0) is 15.6. The Hall–Kier alpha value is -1.32. The molecule has 1 aromatic carbocycles. The third kappa shape index (κ3) is 3.14. The first-order valence-corrected chi connectivity index (χ1v) is 8.30. The van der Waals surface area contributed by atoms with E-state index in [2.05, 4.69) is 57.4 Å². The summed E-state index contributed by atoms with van der Waals surface area (Å²) in [6.07, 6.45) is 0. The number of hydrogen-bond acceptors (Lipinski definition) is 3. The van der Waals surface area contributed by atoms with Gasteiger partial charge in [0.2, 0.25) is 0 Å². The number of aryl methyl sites for hydroxylation is 2. The molecule has 0 aliphatic rings. The Kier molecular flexibility index (Phi) is 5.07. The van der Waals surface area contributed by atoms with Crippen molar-refractivity contribution in [3.63, 3.8) is 0 Å². The summed E-state index contributed by atoms with van der Waals surface area (Å²) < 4.78 is 5.35. The van der Waals surface area contributed by atoms with Gasteiger partial charge in [0.1, 0.15) is 5.75 Å². The largest absolute Gasteiger partial charge is 0.496 e. The number of hydrogen-bond donors (Lipinski definition) is 1. The van der Waals surface area contributed by atoms with Crippen LogP contribution >= 0.6 is 11.3 Å². The molecule has 2 rings (SSSR count). The first-order valence-electron chi connectivity index (χ1n) is 7.42. The molecule has 2 nitrogen and oxygen atoms in total. The van der Waals surface area contributed by atoms with Gasteiger partial charge in [0.25, 0.3) is 0 Å². The first-order chi connectivity index (χ1) is 9.99. The molecule has 0 bridgehead atoms. The Morgan fingerprint density at radius 2 is 1.71 bits per heavy atom. The van der Waals surface area contributed by atoms with E-state index in [4.69, 9.17) is 4.74 Å². The SMILES string of the molecule is CCNC(c1cc(OC)cs1)c1c(C)c(C)cc(C)c1C. The van der Waals surface area contributed by atoms with Crippen molar-refractivity contribution in [2.24, 2.45) is 0 Å². The highest BCUT2D eigenvalue weighted by Crippen LogP contribution is 2.35. The van der Waals surface area contributed by atoms with Crippen LogP contribution in [0.4, 0.5) is 0 Å². The summed E-state index contributed by atoms with van der Waals surface area (Å²) in [5, 5.41) is 5.72. The fourth-order valence-corrected chi connectivity index (χ4v) is 3.76. The van der Waals surface area contributed by atoms with Crippen molar-refractivity contribution in [1.82, 2.24) is 5.32 Å². The van der Waals surface area contributed by atoms with Crippen LogP contribution in [-0.4, -0.2) is 13.7 Å². The fraction of sp³-hybridized carbons (Fsp3) is 0.444. The molecule has 0 aliphatic carbocycles. The molecular weight excluding hydrogens is 278 g/mol. The lowest BCUT2D eigenvalue weighted by Crippen LogP contribution is -2.23. The van der Waals surface area contributed by atoms with Gasteiger partial charge in [-0.2, -0.15) is 0 Å². The normalized spacial score (nSPS) is 12.5. The topological polar surface area (TPSA) is 21.3 Å². The molecule has 0 fully saturated rings. The van der Waals surface area contributed by atoms with Crippen molar-refractivity contribution >= 4 is 11.3 Å². The molecular formula is C18H25NOS. The fourth-order valence-electron chi connectivity index (χ4n) is 2.82. The van der Waals surface area contributed by atoms with E-state index in [9.17, 15) is 0 Å². The molecule has 3 heteroatoms. The zero-order valence-corrected chi connectivity index (χ0v) is 14.6. The van der Waals surface area contributed by atoms with Crippen LogP contribution in [0.2, 0.25) is 0 Å². The summed E-state index contributed by atoms with van der Waals surface area (Å²) in [4.78, 5) is 1.31. The highest BCUT2D eigenvalue weighted by molar-refractivity contribution is 7.10. The minimum atomic E-state index is 0.238. The summed E-state index contributed by atoms with van der Waals surface area (Å²) in [6.45, 7) is 12.0. The average molecular weight is 303 g/mol. The van der Waals surface area contributed by atoms with Crippen LogP contribution in [0, 0.1) is 27.7 Å². The Balaban J connectivity index is 2.57. The molecule has 0 spiro atoms. The highest BCUT2D eigenvalue weighted by atomic mass is 32.1. The van der Waals surface area contributed by atoms with E-state index in [-0.39, 0.29) is 6.04 Å². The van der Waals surface area contributed by atoms with Crippen LogP contribution in [0.5, 0.6) is 5.75 Å². The van der Waals surface area contributed by atoms with E-state index >= 15 is 0 Å². The predicted molar refractivity (Wildman–Crippen MR) is 91.8 cm³/mol. The van der Waals surface area contributed by atoms with Gasteiger partial charge >= 0.3 is 0 Å². The Morgan fingerprint density at radius 1 is 1.10 bits per heavy atom. The Bertz CT molecular complexity index is 604. The molecule has 1 heterocycles. The van der Waals surface area contributed by atoms with Crippen molar-refractivity contribution in [1.29, 1.82) is 0 Å². The van der Waals surface area contributed by atoms with Crippen LogP contribution in [0.3, 0.4) is 0 Å². The Morgan fingerprint density at radius 3 is 2.19 bits per heavy atom. The van der Waals surface area contributed by atoms with Crippen molar-refractivity contribution < 1.29 is 4.74 Å². The minimum Gasteiger partial charge on any atom is -0.496 e. The summed E-state index contributed by atoms with van der Waals surface area (Å²) in [6, 6.07) is 4.67. The van der Waals surface area contributed by atoms with Gasteiger partial charge < -0.3 is 10.1 Å². The quantitative estimate of drug-likeness (QED) is 0.865. The molecule has 2 aromatic rings. The number of ether oxygens (including phenoxy) is 1. The van der Waals surface area contributed by atoms with Crippen LogP contribution in [0.1, 0.15) is 45.7 Å². The lowest BCUT2D eigenvalue weighted by atomic mass is 9.89. The van der Waals surface area contributed by atoms with Gasteiger partial charge in [0.05, 0.1) is 13.2 Å². The van der Waals surface area contributed by atoms with Crippen molar-refractivity contribution in [2.45, 2.75) is 40.7 Å². The molecule has 1 aromatic heterocycles. The molecule has 0 radical (unpaired) electrons. The van der Waals surface area contributed by atoms with Gasteiger partial charge in [0.15, 0.2) is 0 Å². The van der Waals surface area contributed by atoms with Gasteiger partial charge in [-0.15, -0.1) is 11.3 Å². The molecule has 21 heavy (non-hydrogen) atoms. The standard InChI is InChI=1S/C18H25NOS/c1-7-19-18(16-9-15(20-6)10-21-16)17-13(4)11(2)8-12(3)14(17)5/h8-10,18-19H,7H2,1-6H3. The summed E-state index contributed by atoms with van der Waals surface area (Å²) in [7, 11) is 1.72. The Labute approximate surface area is 132 Å². The van der Waals surface area contributed by atoms with Gasteiger partial charge in [-0.25, -0.2) is 0 Å². The van der Waals surface area contributed by atoms with Crippen LogP contribution in [0.25, 0.3) is 0 Å². The zero-order valence-electron chi connectivity index (χ0n) is 13.8. The van der Waals surface area contributed by atoms with Crippen molar-refractivity contribution in [3.8, 4) is 5.75 Å². The van der Waals surface area contributed by atoms with Gasteiger partial charge in [-0.3, -0.25) is 0 Å². The van der Waals surface area contributed by atoms with Gasteiger partial charge in [-0.1, -0.05) is 13.0 Å². The highest BCUT2D eigenvalue weighted by Gasteiger charge is 2.21. The molecule has 0 aliphatic heterocycles. The van der Waals surface area contributed by atoms with Crippen LogP contribution < -0.4 is 10.1 Å². The second kappa shape index (κ2) is 6.63. The number of thiophene rings is 1. The second-order valence-electron chi connectivity index (χ2n) is 5.55. The average Bonchev–Trinajstić information content (AvgIpc) is 2.93. The van der Waals surface area contributed by atoms with Gasteiger partial charge in [0, 0.05) is 10.3 Å². The summed E-state index contributed by atoms with van der Waals surface area (Å²) in [5.41, 5.74) is 6.91.